The van der Waals surface area contributed by atoms with Gasteiger partial charge in [-0.05, 0) is 24.6 Å². The molecule has 2 amide bonds. The molecule has 0 atom stereocenters. The lowest BCUT2D eigenvalue weighted by atomic mass is 10.1. The summed E-state index contributed by atoms with van der Waals surface area (Å²) in [6, 6.07) is 13.1. The Balaban J connectivity index is 1.34. The molecule has 11 heteroatoms. The van der Waals surface area contributed by atoms with Gasteiger partial charge in [0, 0.05) is 41.7 Å². The molecule has 0 fully saturated rings. The smallest absolute Gasteiger partial charge is 0.313 e. The number of nitro benzene ring substituents is 1. The number of aromatic nitrogens is 3. The quantitative estimate of drug-likeness (QED) is 0.264. The third-order valence-corrected chi connectivity index (χ3v) is 5.61. The molecule has 0 spiro atoms. The van der Waals surface area contributed by atoms with Crippen molar-refractivity contribution in [2.75, 3.05) is 11.9 Å². The van der Waals surface area contributed by atoms with Crippen molar-refractivity contribution in [2.24, 2.45) is 0 Å². The zero-order chi connectivity index (χ0) is 22.7. The highest BCUT2D eigenvalue weighted by Gasteiger charge is 2.16. The summed E-state index contributed by atoms with van der Waals surface area (Å²) in [7, 11) is 0. The first-order valence-electron chi connectivity index (χ1n) is 9.65. The molecule has 0 saturated carbocycles. The van der Waals surface area contributed by atoms with E-state index in [0.717, 1.165) is 21.8 Å². The molecule has 4 aromatic rings. The number of aryl methyl sites for hydroxylation is 1. The van der Waals surface area contributed by atoms with E-state index in [2.05, 4.69) is 20.7 Å². The summed E-state index contributed by atoms with van der Waals surface area (Å²) in [6.07, 6.45) is 0.465. The van der Waals surface area contributed by atoms with Crippen molar-refractivity contribution < 1.29 is 14.5 Å². The van der Waals surface area contributed by atoms with E-state index in [0.29, 0.717) is 17.9 Å². The minimum atomic E-state index is -0.850. The van der Waals surface area contributed by atoms with E-state index >= 15 is 0 Å². The number of benzene rings is 2. The first-order valence-corrected chi connectivity index (χ1v) is 10.5. The van der Waals surface area contributed by atoms with E-state index in [-0.39, 0.29) is 12.2 Å². The summed E-state index contributed by atoms with van der Waals surface area (Å²) in [5.41, 5.74) is 3.10. The summed E-state index contributed by atoms with van der Waals surface area (Å²) in [4.78, 5) is 39.6. The number of non-ortho nitro benzene ring substituents is 1. The van der Waals surface area contributed by atoms with Gasteiger partial charge in [0.1, 0.15) is 0 Å². The summed E-state index contributed by atoms with van der Waals surface area (Å²) < 4.78 is 1.75. The molecule has 0 saturated heterocycles. The highest BCUT2D eigenvalue weighted by Crippen LogP contribution is 2.23. The maximum Gasteiger partial charge on any atom is 0.313 e. The number of fused-ring (bicyclic) bond motifs is 1. The van der Waals surface area contributed by atoms with Crippen LogP contribution in [0.2, 0.25) is 0 Å². The van der Waals surface area contributed by atoms with Crippen LogP contribution in [0.5, 0.6) is 0 Å². The van der Waals surface area contributed by atoms with Crippen LogP contribution in [0.1, 0.15) is 11.3 Å². The molecule has 0 radical (unpaired) electrons. The fourth-order valence-corrected chi connectivity index (χ4v) is 3.93. The van der Waals surface area contributed by atoms with Crippen LogP contribution in [0.4, 0.5) is 11.4 Å². The molecule has 0 unspecified atom stereocenters. The van der Waals surface area contributed by atoms with Crippen molar-refractivity contribution in [1.82, 2.24) is 19.9 Å². The Labute approximate surface area is 186 Å². The average Bonchev–Trinajstić information content (AvgIpc) is 3.36. The Hall–Kier alpha value is -4.12. The lowest BCUT2D eigenvalue weighted by Gasteiger charge is -2.06. The Morgan fingerprint density at radius 1 is 1.12 bits per heavy atom. The summed E-state index contributed by atoms with van der Waals surface area (Å²) in [5.74, 6) is -1.01. The van der Waals surface area contributed by atoms with Crippen LogP contribution >= 0.6 is 11.3 Å². The van der Waals surface area contributed by atoms with Crippen molar-refractivity contribution in [3.8, 4) is 11.4 Å². The monoisotopic (exact) mass is 450 g/mol. The lowest BCUT2D eigenvalue weighted by molar-refractivity contribution is -0.384. The van der Waals surface area contributed by atoms with E-state index in [1.165, 1.54) is 35.6 Å². The van der Waals surface area contributed by atoms with Crippen LogP contribution in [0.15, 0.2) is 53.9 Å². The van der Waals surface area contributed by atoms with Gasteiger partial charge < -0.3 is 10.6 Å². The van der Waals surface area contributed by atoms with Crippen LogP contribution in [-0.4, -0.2) is 37.9 Å². The SMILES string of the molecule is Cc1ccccc1-c1nc2scc(CCNC(=O)C(=O)Nc3ccc([N+](=O)[O-])cc3)n2n1. The molecule has 0 aliphatic rings. The molecule has 2 N–H and O–H groups in total. The van der Waals surface area contributed by atoms with Gasteiger partial charge in [-0.25, -0.2) is 4.52 Å². The predicted molar refractivity (Wildman–Crippen MR) is 119 cm³/mol. The van der Waals surface area contributed by atoms with Crippen molar-refractivity contribution >= 4 is 39.5 Å². The predicted octanol–water partition coefficient (Wildman–Crippen LogP) is 2.97. The normalized spacial score (nSPS) is 10.8. The van der Waals surface area contributed by atoms with Gasteiger partial charge in [-0.2, -0.15) is 4.98 Å². The van der Waals surface area contributed by atoms with E-state index < -0.39 is 16.7 Å². The van der Waals surface area contributed by atoms with Crippen LogP contribution in [0.3, 0.4) is 0 Å². The molecular formula is C21H18N6O4S. The zero-order valence-electron chi connectivity index (χ0n) is 16.9. The second kappa shape index (κ2) is 8.94. The molecule has 0 aliphatic heterocycles. The molecule has 0 aliphatic carbocycles. The first kappa shape index (κ1) is 21.1. The molecule has 10 nitrogen and oxygen atoms in total. The van der Waals surface area contributed by atoms with Gasteiger partial charge in [-0.15, -0.1) is 16.4 Å². The van der Waals surface area contributed by atoms with Crippen molar-refractivity contribution in [1.29, 1.82) is 0 Å². The van der Waals surface area contributed by atoms with Crippen LogP contribution in [-0.2, 0) is 16.0 Å². The van der Waals surface area contributed by atoms with Crippen LogP contribution < -0.4 is 10.6 Å². The van der Waals surface area contributed by atoms with Gasteiger partial charge in [0.25, 0.3) is 5.69 Å². The van der Waals surface area contributed by atoms with Gasteiger partial charge >= 0.3 is 11.8 Å². The number of thiazole rings is 1. The van der Waals surface area contributed by atoms with E-state index in [1.807, 2.05) is 36.6 Å². The summed E-state index contributed by atoms with van der Waals surface area (Å²) in [5, 5.41) is 22.2. The molecule has 2 heterocycles. The fourth-order valence-electron chi connectivity index (χ4n) is 3.07. The largest absolute Gasteiger partial charge is 0.347 e. The number of carbonyl (C=O) groups is 2. The molecule has 0 bridgehead atoms. The number of hydrogen-bond acceptors (Lipinski definition) is 7. The molecule has 2 aromatic carbocycles. The number of nitrogens with zero attached hydrogens (tertiary/aromatic N) is 4. The average molecular weight is 450 g/mol. The Bertz CT molecular complexity index is 1310. The standard InChI is InChI=1S/C21H18N6O4S/c1-13-4-2-3-5-17(13)18-24-21-26(25-18)16(12-32-21)10-11-22-19(28)20(29)23-14-6-8-15(9-7-14)27(30)31/h2-9,12H,10-11H2,1H3,(H,22,28)(H,23,29). The molecular weight excluding hydrogens is 432 g/mol. The summed E-state index contributed by atoms with van der Waals surface area (Å²) in [6.45, 7) is 2.24. The second-order valence-electron chi connectivity index (χ2n) is 6.94. The van der Waals surface area contributed by atoms with E-state index in [4.69, 9.17) is 0 Å². The van der Waals surface area contributed by atoms with Gasteiger partial charge in [-0.3, -0.25) is 19.7 Å². The summed E-state index contributed by atoms with van der Waals surface area (Å²) >= 11 is 1.45. The maximum absolute atomic E-state index is 12.1. The van der Waals surface area contributed by atoms with Crippen molar-refractivity contribution in [2.45, 2.75) is 13.3 Å². The lowest BCUT2D eigenvalue weighted by Crippen LogP contribution is -2.36. The minimum Gasteiger partial charge on any atom is -0.347 e. The number of hydrogen-bond donors (Lipinski definition) is 2. The van der Waals surface area contributed by atoms with Crippen molar-refractivity contribution in [3.05, 3.63) is 75.3 Å². The van der Waals surface area contributed by atoms with Gasteiger partial charge in [-0.1, -0.05) is 24.3 Å². The molecule has 162 valence electrons. The maximum atomic E-state index is 12.1. The minimum absolute atomic E-state index is 0.103. The Morgan fingerprint density at radius 3 is 2.59 bits per heavy atom. The van der Waals surface area contributed by atoms with Crippen molar-refractivity contribution in [3.63, 3.8) is 0 Å². The number of nitrogens with one attached hydrogen (secondary N) is 2. The van der Waals surface area contributed by atoms with E-state index in [9.17, 15) is 19.7 Å². The fraction of sp³-hybridized carbons (Fsp3) is 0.143. The molecule has 2 aromatic heterocycles. The van der Waals surface area contributed by atoms with Crippen LogP contribution in [0, 0.1) is 17.0 Å². The van der Waals surface area contributed by atoms with Gasteiger partial charge in [0.15, 0.2) is 5.82 Å². The second-order valence-corrected chi connectivity index (χ2v) is 7.77. The number of rotatable bonds is 6. The third kappa shape index (κ3) is 4.47. The highest BCUT2D eigenvalue weighted by atomic mass is 32.1. The van der Waals surface area contributed by atoms with Gasteiger partial charge in [0.05, 0.1) is 10.6 Å². The highest BCUT2D eigenvalue weighted by molar-refractivity contribution is 7.15. The van der Waals surface area contributed by atoms with Crippen LogP contribution in [0.25, 0.3) is 16.3 Å². The zero-order valence-corrected chi connectivity index (χ0v) is 17.8. The van der Waals surface area contributed by atoms with E-state index in [1.54, 1.807) is 4.52 Å². The number of amides is 2. The Morgan fingerprint density at radius 2 is 1.88 bits per heavy atom. The van der Waals surface area contributed by atoms with Gasteiger partial charge in [0.2, 0.25) is 4.96 Å². The third-order valence-electron chi connectivity index (χ3n) is 4.74. The molecule has 32 heavy (non-hydrogen) atoms. The topological polar surface area (TPSA) is 132 Å². The Kier molecular flexibility index (Phi) is 5.90. The number of anilines is 1. The number of nitro groups is 1. The molecule has 4 rings (SSSR count). The first-order chi connectivity index (χ1) is 15.4. The number of carbonyl (C=O) groups excluding carboxylic acids is 2.